The van der Waals surface area contributed by atoms with E-state index in [4.69, 9.17) is 5.11 Å². The van der Waals surface area contributed by atoms with Crippen molar-refractivity contribution in [2.24, 2.45) is 5.41 Å². The minimum atomic E-state index is -0.0434. The van der Waals surface area contributed by atoms with Gasteiger partial charge in [0.1, 0.15) is 0 Å². The van der Waals surface area contributed by atoms with Crippen LogP contribution in [0.4, 0.5) is 0 Å². The van der Waals surface area contributed by atoms with Gasteiger partial charge in [0.2, 0.25) is 0 Å². The number of rotatable bonds is 2. The van der Waals surface area contributed by atoms with Gasteiger partial charge < -0.3 is 5.11 Å². The molecule has 1 aliphatic rings. The Labute approximate surface area is 62.1 Å². The first-order valence-corrected chi connectivity index (χ1v) is 3.79. The van der Waals surface area contributed by atoms with Gasteiger partial charge in [-0.25, -0.2) is 0 Å². The molecule has 0 unspecified atom stereocenters. The maximum absolute atomic E-state index is 9.04. The van der Waals surface area contributed by atoms with E-state index in [1.807, 2.05) is 0 Å². The van der Waals surface area contributed by atoms with Crippen molar-refractivity contribution in [3.63, 3.8) is 0 Å². The number of aliphatic hydroxyl groups excluding tert-OH is 1. The fraction of sp³-hybridized carbons (Fsp3) is 0.556. The van der Waals surface area contributed by atoms with Crippen LogP contribution >= 0.6 is 0 Å². The third-order valence-corrected chi connectivity index (χ3v) is 2.12. The highest BCUT2D eigenvalue weighted by atomic mass is 16.3. The number of hydrogen-bond acceptors (Lipinski definition) is 1. The molecule has 0 saturated heterocycles. The van der Waals surface area contributed by atoms with Crippen LogP contribution in [0.3, 0.4) is 0 Å². The van der Waals surface area contributed by atoms with Gasteiger partial charge in [-0.2, -0.15) is 0 Å². The lowest BCUT2D eigenvalue weighted by Gasteiger charge is -2.24. The van der Waals surface area contributed by atoms with Crippen molar-refractivity contribution in [2.45, 2.75) is 19.8 Å². The molecule has 0 atom stereocenters. The molecule has 0 saturated carbocycles. The van der Waals surface area contributed by atoms with Crippen LogP contribution in [-0.2, 0) is 0 Å². The van der Waals surface area contributed by atoms with E-state index in [9.17, 15) is 0 Å². The maximum atomic E-state index is 9.04. The molecule has 0 amide bonds. The largest absolute Gasteiger partial charge is 0.395 e. The van der Waals surface area contributed by atoms with Gasteiger partial charge in [-0.3, -0.25) is 0 Å². The van der Waals surface area contributed by atoms with E-state index in [1.165, 1.54) is 0 Å². The summed E-state index contributed by atoms with van der Waals surface area (Å²) < 4.78 is 0. The molecule has 1 rings (SSSR count). The molecule has 0 heterocycles. The summed E-state index contributed by atoms with van der Waals surface area (Å²) in [4.78, 5) is 0. The normalized spacial score (nSPS) is 21.4. The van der Waals surface area contributed by atoms with Crippen LogP contribution in [0, 0.1) is 5.41 Å². The zero-order chi connectivity index (χ0) is 7.45. The van der Waals surface area contributed by atoms with Crippen molar-refractivity contribution in [3.8, 4) is 0 Å². The number of aliphatic hydroxyl groups is 1. The van der Waals surface area contributed by atoms with Gasteiger partial charge in [0.05, 0.1) is 6.61 Å². The Balaban J connectivity index is 2.71. The van der Waals surface area contributed by atoms with E-state index >= 15 is 0 Å². The summed E-state index contributed by atoms with van der Waals surface area (Å²) in [5, 5.41) is 9.04. The van der Waals surface area contributed by atoms with Crippen LogP contribution in [-0.4, -0.2) is 11.7 Å². The molecule has 0 aromatic rings. The van der Waals surface area contributed by atoms with Crippen LogP contribution in [0.25, 0.3) is 0 Å². The molecule has 1 N–H and O–H groups in total. The Bertz CT molecular complexity index is 138. The third-order valence-electron chi connectivity index (χ3n) is 2.12. The summed E-state index contributed by atoms with van der Waals surface area (Å²) in [5.41, 5.74) is -0.0434. The van der Waals surface area contributed by atoms with Gasteiger partial charge in [-0.15, -0.1) is 0 Å². The summed E-state index contributed by atoms with van der Waals surface area (Å²) in [6, 6.07) is 0. The second-order valence-electron chi connectivity index (χ2n) is 2.79. The number of allylic oxidation sites excluding steroid dienone is 2. The molecule has 56 valence electrons. The van der Waals surface area contributed by atoms with Gasteiger partial charge >= 0.3 is 0 Å². The van der Waals surface area contributed by atoms with Crippen LogP contribution in [0.5, 0.6) is 0 Å². The van der Waals surface area contributed by atoms with Gasteiger partial charge in [-0.1, -0.05) is 31.2 Å². The van der Waals surface area contributed by atoms with E-state index in [0.29, 0.717) is 0 Å². The monoisotopic (exact) mass is 138 g/mol. The Hall–Kier alpha value is -0.560. The minimum absolute atomic E-state index is 0.0434. The predicted octanol–water partition coefficient (Wildman–Crippen LogP) is 1.89. The average Bonchev–Trinajstić information content (AvgIpc) is 2.06. The van der Waals surface area contributed by atoms with E-state index in [0.717, 1.165) is 12.8 Å². The predicted molar refractivity (Wildman–Crippen MR) is 42.7 cm³/mol. The summed E-state index contributed by atoms with van der Waals surface area (Å²) >= 11 is 0. The molecule has 1 aliphatic carbocycles. The van der Waals surface area contributed by atoms with Crippen LogP contribution in [0.2, 0.25) is 0 Å². The van der Waals surface area contributed by atoms with E-state index < -0.39 is 0 Å². The number of hydrogen-bond donors (Lipinski definition) is 1. The van der Waals surface area contributed by atoms with Crippen molar-refractivity contribution in [3.05, 3.63) is 24.3 Å². The standard InChI is InChI=1S/C9H14O/c1-2-9(8-10)6-4-3-5-7-9/h4-7,10H,2-3,8H2,1H3. The van der Waals surface area contributed by atoms with Crippen molar-refractivity contribution in [1.82, 2.24) is 0 Å². The Morgan fingerprint density at radius 2 is 2.00 bits per heavy atom. The molecule has 1 nitrogen and oxygen atoms in total. The molecular weight excluding hydrogens is 124 g/mol. The lowest BCUT2D eigenvalue weighted by Crippen LogP contribution is -2.19. The average molecular weight is 138 g/mol. The first-order chi connectivity index (χ1) is 4.83. The summed E-state index contributed by atoms with van der Waals surface area (Å²) in [6.07, 6.45) is 10.4. The lowest BCUT2D eigenvalue weighted by molar-refractivity contribution is 0.201. The van der Waals surface area contributed by atoms with Crippen LogP contribution in [0.15, 0.2) is 24.3 Å². The topological polar surface area (TPSA) is 20.2 Å². The van der Waals surface area contributed by atoms with E-state index in [1.54, 1.807) is 0 Å². The third kappa shape index (κ3) is 1.29. The molecule has 0 radical (unpaired) electrons. The first-order valence-electron chi connectivity index (χ1n) is 3.79. The van der Waals surface area contributed by atoms with Crippen molar-refractivity contribution >= 4 is 0 Å². The molecule has 0 aliphatic heterocycles. The van der Waals surface area contributed by atoms with Crippen molar-refractivity contribution in [1.29, 1.82) is 0 Å². The van der Waals surface area contributed by atoms with E-state index in [-0.39, 0.29) is 12.0 Å². The SMILES string of the molecule is CCC1(CO)C=CCC=C1. The van der Waals surface area contributed by atoms with Crippen LogP contribution < -0.4 is 0 Å². The zero-order valence-electron chi connectivity index (χ0n) is 6.38. The molecule has 10 heavy (non-hydrogen) atoms. The highest BCUT2D eigenvalue weighted by Crippen LogP contribution is 2.27. The lowest BCUT2D eigenvalue weighted by atomic mass is 9.83. The fourth-order valence-electron chi connectivity index (χ4n) is 1.19. The highest BCUT2D eigenvalue weighted by molar-refractivity contribution is 5.17. The highest BCUT2D eigenvalue weighted by Gasteiger charge is 2.20. The summed E-state index contributed by atoms with van der Waals surface area (Å²) in [5.74, 6) is 0. The molecular formula is C9H14O. The van der Waals surface area contributed by atoms with Crippen molar-refractivity contribution in [2.75, 3.05) is 6.61 Å². The quantitative estimate of drug-likeness (QED) is 0.578. The Morgan fingerprint density at radius 1 is 1.40 bits per heavy atom. The molecule has 0 aromatic heterocycles. The maximum Gasteiger partial charge on any atom is 0.0556 e. The molecule has 0 aromatic carbocycles. The fourth-order valence-corrected chi connectivity index (χ4v) is 1.19. The second-order valence-corrected chi connectivity index (χ2v) is 2.79. The van der Waals surface area contributed by atoms with Gasteiger partial charge in [0.25, 0.3) is 0 Å². The van der Waals surface area contributed by atoms with Gasteiger partial charge in [0, 0.05) is 5.41 Å². The van der Waals surface area contributed by atoms with Crippen molar-refractivity contribution < 1.29 is 5.11 Å². The van der Waals surface area contributed by atoms with E-state index in [2.05, 4.69) is 31.2 Å². The summed E-state index contributed by atoms with van der Waals surface area (Å²) in [7, 11) is 0. The first kappa shape index (κ1) is 7.55. The second kappa shape index (κ2) is 3.02. The Morgan fingerprint density at radius 3 is 2.30 bits per heavy atom. The zero-order valence-corrected chi connectivity index (χ0v) is 6.38. The van der Waals surface area contributed by atoms with Gasteiger partial charge in [-0.05, 0) is 12.8 Å². The smallest absolute Gasteiger partial charge is 0.0556 e. The van der Waals surface area contributed by atoms with Crippen LogP contribution in [0.1, 0.15) is 19.8 Å². The molecule has 0 bridgehead atoms. The molecule has 1 heteroatoms. The molecule has 0 spiro atoms. The summed E-state index contributed by atoms with van der Waals surface area (Å²) in [6.45, 7) is 2.33. The molecule has 0 fully saturated rings. The minimum Gasteiger partial charge on any atom is -0.395 e. The van der Waals surface area contributed by atoms with Gasteiger partial charge in [0.15, 0.2) is 0 Å². The Kier molecular flexibility index (Phi) is 2.28.